The second-order valence-electron chi connectivity index (χ2n) is 4.06. The highest BCUT2D eigenvalue weighted by atomic mass is 15.5. The number of rotatable bonds is 1. The molecule has 18 heavy (non-hydrogen) atoms. The van der Waals surface area contributed by atoms with Crippen LogP contribution < -0.4 is 4.63 Å². The van der Waals surface area contributed by atoms with E-state index in [0.717, 1.165) is 22.6 Å². The predicted octanol–water partition coefficient (Wildman–Crippen LogP) is 1.46. The summed E-state index contributed by atoms with van der Waals surface area (Å²) in [4.78, 5) is 8.59. The van der Waals surface area contributed by atoms with Gasteiger partial charge in [-0.15, -0.1) is 5.10 Å². The summed E-state index contributed by atoms with van der Waals surface area (Å²) in [7, 11) is 0. The summed E-state index contributed by atoms with van der Waals surface area (Å²) in [5, 5.41) is 3.23. The molecule has 0 aliphatic rings. The molecule has 0 aliphatic heterocycles. The van der Waals surface area contributed by atoms with Gasteiger partial charge < -0.3 is 0 Å². The fraction of sp³-hybridized carbons (Fsp3) is 0. The zero-order valence-corrected chi connectivity index (χ0v) is 9.49. The maximum atomic E-state index is 4.32. The zero-order valence-electron chi connectivity index (χ0n) is 9.49. The maximum absolute atomic E-state index is 4.32. The zero-order chi connectivity index (χ0) is 11.9. The first-order valence-electron chi connectivity index (χ1n) is 5.71. The first-order chi connectivity index (χ1) is 8.93. The van der Waals surface area contributed by atoms with E-state index in [9.17, 15) is 0 Å². The second-order valence-corrected chi connectivity index (χ2v) is 4.06. The molecule has 5 heteroatoms. The van der Waals surface area contributed by atoms with Crippen LogP contribution in [0.2, 0.25) is 0 Å². The molecule has 1 N–H and O–H groups in total. The van der Waals surface area contributed by atoms with Crippen LogP contribution >= 0.6 is 0 Å². The Kier molecular flexibility index (Phi) is 1.77. The number of aromatic amines is 1. The number of nitrogens with zero attached hydrogens (tertiary/aromatic N) is 4. The lowest BCUT2D eigenvalue weighted by Gasteiger charge is -1.89. The summed E-state index contributed by atoms with van der Waals surface area (Å²) in [6.45, 7) is 0. The van der Waals surface area contributed by atoms with Crippen LogP contribution in [0.3, 0.4) is 0 Å². The highest BCUT2D eigenvalue weighted by Gasteiger charge is 2.19. The van der Waals surface area contributed by atoms with Gasteiger partial charge in [0.2, 0.25) is 11.3 Å². The molecule has 1 aromatic carbocycles. The Morgan fingerprint density at radius 2 is 1.83 bits per heavy atom. The van der Waals surface area contributed by atoms with Gasteiger partial charge in [0, 0.05) is 23.1 Å². The molecule has 5 nitrogen and oxygen atoms in total. The van der Waals surface area contributed by atoms with Gasteiger partial charge in [0.1, 0.15) is 0 Å². The minimum Gasteiger partial charge on any atom is -0.229 e. The minimum atomic E-state index is 0.773. The smallest absolute Gasteiger partial charge is 0.229 e. The van der Waals surface area contributed by atoms with Gasteiger partial charge in [0.15, 0.2) is 0 Å². The van der Waals surface area contributed by atoms with Crippen LogP contribution in [0.25, 0.3) is 22.6 Å². The van der Waals surface area contributed by atoms with E-state index in [1.807, 2.05) is 33.5 Å². The molecule has 0 spiro atoms. The topological polar surface area (TPSA) is 50.1 Å². The summed E-state index contributed by atoms with van der Waals surface area (Å²) < 4.78 is 3.89. The van der Waals surface area contributed by atoms with Crippen molar-refractivity contribution < 1.29 is 4.63 Å². The predicted molar refractivity (Wildman–Crippen MR) is 65.9 cm³/mol. The van der Waals surface area contributed by atoms with Crippen LogP contribution in [-0.2, 0) is 0 Å². The fourth-order valence-corrected chi connectivity index (χ4v) is 2.18. The molecular formula is C13H10N5+. The van der Waals surface area contributed by atoms with E-state index in [1.54, 1.807) is 12.4 Å². The summed E-state index contributed by atoms with van der Waals surface area (Å²) in [5.41, 5.74) is 3.82. The number of hydrogen-bond donors (Lipinski definition) is 1. The number of H-pyrrole nitrogens is 1. The first-order valence-corrected chi connectivity index (χ1v) is 5.71. The third-order valence-electron chi connectivity index (χ3n) is 2.99. The summed E-state index contributed by atoms with van der Waals surface area (Å²) in [5.74, 6) is 0. The molecular weight excluding hydrogens is 226 g/mol. The van der Waals surface area contributed by atoms with Crippen LogP contribution in [0.15, 0.2) is 55.0 Å². The van der Waals surface area contributed by atoms with Crippen LogP contribution in [0.4, 0.5) is 0 Å². The van der Waals surface area contributed by atoms with Crippen molar-refractivity contribution in [1.29, 1.82) is 0 Å². The van der Waals surface area contributed by atoms with E-state index in [-0.39, 0.29) is 0 Å². The molecule has 0 unspecified atom stereocenters. The lowest BCUT2D eigenvalue weighted by Crippen LogP contribution is -2.29. The van der Waals surface area contributed by atoms with Crippen molar-refractivity contribution in [2.75, 3.05) is 0 Å². The van der Waals surface area contributed by atoms with Crippen molar-refractivity contribution in [3.05, 3.63) is 55.0 Å². The van der Waals surface area contributed by atoms with Crippen LogP contribution in [0.5, 0.6) is 0 Å². The summed E-state index contributed by atoms with van der Waals surface area (Å²) >= 11 is 0. The lowest BCUT2D eigenvalue weighted by atomic mass is 10.2. The molecule has 4 rings (SSSR count). The molecule has 86 valence electrons. The molecule has 0 aliphatic carbocycles. The number of fused-ring (bicyclic) bond motifs is 3. The van der Waals surface area contributed by atoms with Crippen LogP contribution in [0.1, 0.15) is 0 Å². The molecule has 0 atom stereocenters. The van der Waals surface area contributed by atoms with Crippen molar-refractivity contribution in [2.45, 2.75) is 0 Å². The third kappa shape index (κ3) is 1.18. The van der Waals surface area contributed by atoms with Gasteiger partial charge in [0.05, 0.1) is 11.8 Å². The molecule has 4 aromatic rings. The summed E-state index contributed by atoms with van der Waals surface area (Å²) in [6, 6.07) is 12.3. The van der Waals surface area contributed by atoms with Gasteiger partial charge in [-0.3, -0.25) is 0 Å². The number of benzene rings is 1. The number of aromatic nitrogens is 5. The van der Waals surface area contributed by atoms with Crippen molar-refractivity contribution in [3.63, 3.8) is 0 Å². The highest BCUT2D eigenvalue weighted by molar-refractivity contribution is 5.63. The molecule has 0 saturated carbocycles. The maximum Gasteiger partial charge on any atom is 0.272 e. The molecule has 0 saturated heterocycles. The Balaban J connectivity index is 2.08. The number of nitrogens with one attached hydrogen (secondary N) is 1. The highest BCUT2D eigenvalue weighted by Crippen LogP contribution is 2.15. The average molecular weight is 236 g/mol. The van der Waals surface area contributed by atoms with E-state index in [4.69, 9.17) is 0 Å². The monoisotopic (exact) mass is 236 g/mol. The van der Waals surface area contributed by atoms with E-state index in [0.29, 0.717) is 0 Å². The molecule has 0 radical (unpaired) electrons. The Morgan fingerprint density at radius 3 is 2.72 bits per heavy atom. The van der Waals surface area contributed by atoms with E-state index in [2.05, 4.69) is 33.3 Å². The quantitative estimate of drug-likeness (QED) is 0.509. The van der Waals surface area contributed by atoms with E-state index in [1.165, 1.54) is 0 Å². The van der Waals surface area contributed by atoms with Crippen LogP contribution in [-0.4, -0.2) is 19.6 Å². The molecule has 0 bridgehead atoms. The van der Waals surface area contributed by atoms with Crippen molar-refractivity contribution in [1.82, 2.24) is 19.6 Å². The second kappa shape index (κ2) is 3.40. The fourth-order valence-electron chi connectivity index (χ4n) is 2.18. The van der Waals surface area contributed by atoms with Gasteiger partial charge in [-0.25, -0.2) is 9.97 Å². The van der Waals surface area contributed by atoms with Crippen LogP contribution in [0, 0.1) is 0 Å². The van der Waals surface area contributed by atoms with Gasteiger partial charge in [-0.2, -0.15) is 0 Å². The van der Waals surface area contributed by atoms with Gasteiger partial charge in [0.25, 0.3) is 5.69 Å². The normalized spacial score (nSPS) is 11.3. The van der Waals surface area contributed by atoms with Crippen molar-refractivity contribution in [3.8, 4) is 11.3 Å². The largest absolute Gasteiger partial charge is 0.272 e. The molecule has 0 fully saturated rings. The summed E-state index contributed by atoms with van der Waals surface area (Å²) in [6.07, 6.45) is 5.36. The molecule has 3 aromatic heterocycles. The minimum absolute atomic E-state index is 0.773. The lowest BCUT2D eigenvalue weighted by molar-refractivity contribution is -0.658. The first kappa shape index (κ1) is 9.35. The standard InChI is InChI=1S/C13H10N5/c1-2-4-10(5-3-1)11-6-9-17-13-12(16-18(11)17)14-7-8-15-13/h1-9H,(H,14,16)/q+1. The Morgan fingerprint density at radius 1 is 1.00 bits per heavy atom. The van der Waals surface area contributed by atoms with Gasteiger partial charge in [-0.05, 0) is 12.1 Å². The molecule has 0 amide bonds. The van der Waals surface area contributed by atoms with Crippen molar-refractivity contribution >= 4 is 11.3 Å². The molecule has 3 heterocycles. The van der Waals surface area contributed by atoms with Crippen molar-refractivity contribution in [2.24, 2.45) is 0 Å². The van der Waals surface area contributed by atoms with Gasteiger partial charge in [-0.1, -0.05) is 22.7 Å². The Bertz CT molecular complexity index is 828. The Hall–Kier alpha value is -2.69. The SMILES string of the molecule is c1ccc(-c2ccn3c4nccnc4[nH][n+]23)cc1. The van der Waals surface area contributed by atoms with E-state index >= 15 is 0 Å². The Labute approximate surface area is 102 Å². The average Bonchev–Trinajstić information content (AvgIpc) is 2.98. The van der Waals surface area contributed by atoms with Gasteiger partial charge >= 0.3 is 0 Å². The third-order valence-corrected chi connectivity index (χ3v) is 2.99. The number of hydrogen-bond acceptors (Lipinski definition) is 2. The van der Waals surface area contributed by atoms with E-state index < -0.39 is 0 Å².